The third-order valence-electron chi connectivity index (χ3n) is 5.83. The fourth-order valence-electron chi connectivity index (χ4n) is 3.43. The Balaban J connectivity index is 2.30. The van der Waals surface area contributed by atoms with Gasteiger partial charge in [0.2, 0.25) is 17.7 Å². The van der Waals surface area contributed by atoms with Crippen LogP contribution in [0.2, 0.25) is 5.02 Å². The van der Waals surface area contributed by atoms with Crippen molar-refractivity contribution >= 4 is 35.1 Å². The lowest BCUT2D eigenvalue weighted by Crippen LogP contribution is -2.50. The molecule has 9 heteroatoms. The largest absolute Gasteiger partial charge is 0.360 e. The van der Waals surface area contributed by atoms with Gasteiger partial charge in [-0.15, -0.1) is 0 Å². The van der Waals surface area contributed by atoms with Crippen molar-refractivity contribution in [3.8, 4) is 0 Å². The van der Waals surface area contributed by atoms with Crippen molar-refractivity contribution in [2.24, 2.45) is 5.92 Å². The maximum Gasteiger partial charge on any atom is 0.247 e. The van der Waals surface area contributed by atoms with Crippen molar-refractivity contribution < 1.29 is 18.9 Å². The fourth-order valence-corrected chi connectivity index (χ4v) is 3.67. The van der Waals surface area contributed by atoms with Crippen molar-refractivity contribution in [2.75, 3.05) is 11.9 Å². The Labute approximate surface area is 212 Å². The van der Waals surface area contributed by atoms with Crippen molar-refractivity contribution in [2.45, 2.75) is 78.8 Å². The lowest BCUT2D eigenvalue weighted by molar-refractivity contribution is -0.142. The van der Waals surface area contributed by atoms with E-state index >= 15 is 0 Å². The van der Waals surface area contributed by atoms with Crippen LogP contribution in [0.1, 0.15) is 77.7 Å². The third kappa shape index (κ3) is 8.69. The Bertz CT molecular complexity index is 1020. The number of nitrogens with one attached hydrogen (secondary N) is 2. The number of aryl methyl sites for hydroxylation is 1. The van der Waals surface area contributed by atoms with Crippen molar-refractivity contribution in [3.63, 3.8) is 0 Å². The number of amides is 3. The molecule has 2 rings (SSSR count). The number of carbonyl (C=O) groups excluding carboxylic acids is 3. The molecular weight excluding hydrogens is 468 g/mol. The molecule has 0 saturated heterocycles. The highest BCUT2D eigenvalue weighted by atomic mass is 35.5. The van der Waals surface area contributed by atoms with Gasteiger partial charge in [-0.1, -0.05) is 55.7 Å². The van der Waals surface area contributed by atoms with Gasteiger partial charge in [0.1, 0.15) is 11.8 Å². The first-order chi connectivity index (χ1) is 16.4. The summed E-state index contributed by atoms with van der Waals surface area (Å²) in [5, 5.41) is 9.83. The van der Waals surface area contributed by atoms with Gasteiger partial charge in [0.15, 0.2) is 5.82 Å². The first kappa shape index (κ1) is 28.4. The molecule has 0 spiro atoms. The van der Waals surface area contributed by atoms with E-state index in [-0.39, 0.29) is 30.6 Å². The molecule has 0 fully saturated rings. The van der Waals surface area contributed by atoms with Crippen LogP contribution < -0.4 is 10.6 Å². The van der Waals surface area contributed by atoms with E-state index in [0.29, 0.717) is 41.0 Å². The van der Waals surface area contributed by atoms with E-state index in [0.717, 1.165) is 6.42 Å². The molecule has 1 unspecified atom stereocenters. The monoisotopic (exact) mass is 504 g/mol. The molecule has 1 heterocycles. The Morgan fingerprint density at radius 3 is 2.43 bits per heavy atom. The van der Waals surface area contributed by atoms with Gasteiger partial charge in [-0.25, -0.2) is 0 Å². The van der Waals surface area contributed by atoms with E-state index < -0.39 is 11.6 Å². The molecule has 8 nitrogen and oxygen atoms in total. The number of hydrogen-bond acceptors (Lipinski definition) is 5. The first-order valence-electron chi connectivity index (χ1n) is 12.0. The van der Waals surface area contributed by atoms with Crippen LogP contribution in [-0.4, -0.2) is 39.9 Å². The molecule has 2 aromatic rings. The lowest BCUT2D eigenvalue weighted by atomic mass is 9.97. The zero-order valence-electron chi connectivity index (χ0n) is 21.5. The lowest BCUT2D eigenvalue weighted by Gasteiger charge is -2.35. The SMILES string of the molecule is CCC(C)(C)NC(=O)C(c1ccccc1Cl)N(CCC(C)C)C(=O)CCC(=O)Nc1cc(C)on1. The summed E-state index contributed by atoms with van der Waals surface area (Å²) in [4.78, 5) is 41.0. The molecule has 1 aromatic heterocycles. The van der Waals surface area contributed by atoms with Gasteiger partial charge in [-0.05, 0) is 45.6 Å². The average molecular weight is 505 g/mol. The molecule has 35 heavy (non-hydrogen) atoms. The normalized spacial score (nSPS) is 12.3. The molecule has 0 saturated carbocycles. The van der Waals surface area contributed by atoms with Crippen LogP contribution in [0.4, 0.5) is 5.82 Å². The highest BCUT2D eigenvalue weighted by Crippen LogP contribution is 2.30. The summed E-state index contributed by atoms with van der Waals surface area (Å²) < 4.78 is 4.95. The number of hydrogen-bond donors (Lipinski definition) is 2. The molecule has 0 aliphatic heterocycles. The van der Waals surface area contributed by atoms with Crippen LogP contribution in [0.5, 0.6) is 0 Å². The maximum absolute atomic E-state index is 13.6. The van der Waals surface area contributed by atoms with Gasteiger partial charge in [0.05, 0.1) is 0 Å². The van der Waals surface area contributed by atoms with Crippen LogP contribution >= 0.6 is 11.6 Å². The van der Waals surface area contributed by atoms with Gasteiger partial charge in [0, 0.05) is 41.6 Å². The van der Waals surface area contributed by atoms with Gasteiger partial charge in [-0.2, -0.15) is 0 Å². The predicted octanol–water partition coefficient (Wildman–Crippen LogP) is 5.28. The van der Waals surface area contributed by atoms with Gasteiger partial charge in [-0.3, -0.25) is 14.4 Å². The van der Waals surface area contributed by atoms with E-state index in [2.05, 4.69) is 29.6 Å². The first-order valence-corrected chi connectivity index (χ1v) is 12.4. The van der Waals surface area contributed by atoms with Crippen LogP contribution in [0.3, 0.4) is 0 Å². The quantitative estimate of drug-likeness (QED) is 0.409. The number of nitrogens with zero attached hydrogens (tertiary/aromatic N) is 2. The van der Waals surface area contributed by atoms with Crippen LogP contribution in [0.25, 0.3) is 0 Å². The number of halogens is 1. The maximum atomic E-state index is 13.6. The van der Waals surface area contributed by atoms with Crippen molar-refractivity contribution in [3.05, 3.63) is 46.7 Å². The number of anilines is 1. The molecule has 2 N–H and O–H groups in total. The standard InChI is InChI=1S/C26H37ClN4O4/c1-7-26(5,6)29-25(34)24(19-10-8-9-11-20(19)27)31(15-14-17(2)3)23(33)13-12-22(32)28-21-16-18(4)35-30-21/h8-11,16-17,24H,7,12-15H2,1-6H3,(H,29,34)(H,28,30,32). The highest BCUT2D eigenvalue weighted by Gasteiger charge is 2.35. The van der Waals surface area contributed by atoms with E-state index in [9.17, 15) is 14.4 Å². The number of rotatable bonds is 12. The van der Waals surface area contributed by atoms with E-state index in [1.165, 1.54) is 0 Å². The minimum atomic E-state index is -0.915. The average Bonchev–Trinajstić information content (AvgIpc) is 3.19. The molecule has 1 atom stereocenters. The second-order valence-corrected chi connectivity index (χ2v) is 10.2. The van der Waals surface area contributed by atoms with E-state index in [4.69, 9.17) is 16.1 Å². The Hall–Kier alpha value is -2.87. The van der Waals surface area contributed by atoms with Gasteiger partial charge < -0.3 is 20.1 Å². The molecular formula is C26H37ClN4O4. The smallest absolute Gasteiger partial charge is 0.247 e. The number of carbonyl (C=O) groups is 3. The summed E-state index contributed by atoms with van der Waals surface area (Å²) in [6, 6.07) is 7.74. The summed E-state index contributed by atoms with van der Waals surface area (Å²) >= 11 is 6.50. The minimum Gasteiger partial charge on any atom is -0.360 e. The van der Waals surface area contributed by atoms with Crippen molar-refractivity contribution in [1.29, 1.82) is 0 Å². The fraction of sp³-hybridized carbons (Fsp3) is 0.538. The summed E-state index contributed by atoms with van der Waals surface area (Å²) in [5.74, 6) is 0.218. The molecule has 0 aliphatic rings. The molecule has 3 amide bonds. The van der Waals surface area contributed by atoms with E-state index in [1.807, 2.05) is 20.8 Å². The zero-order chi connectivity index (χ0) is 26.2. The minimum absolute atomic E-state index is 0.0553. The Morgan fingerprint density at radius 2 is 1.86 bits per heavy atom. The number of benzene rings is 1. The van der Waals surface area contributed by atoms with Crippen LogP contribution in [0.15, 0.2) is 34.9 Å². The molecule has 0 aliphatic carbocycles. The van der Waals surface area contributed by atoms with Crippen molar-refractivity contribution in [1.82, 2.24) is 15.4 Å². The Morgan fingerprint density at radius 1 is 1.17 bits per heavy atom. The van der Waals surface area contributed by atoms with Gasteiger partial charge >= 0.3 is 0 Å². The highest BCUT2D eigenvalue weighted by molar-refractivity contribution is 6.31. The summed E-state index contributed by atoms with van der Waals surface area (Å²) in [7, 11) is 0. The molecule has 0 radical (unpaired) electrons. The Kier molecular flexibility index (Phi) is 10.3. The second-order valence-electron chi connectivity index (χ2n) is 9.79. The molecule has 192 valence electrons. The predicted molar refractivity (Wildman–Crippen MR) is 137 cm³/mol. The summed E-state index contributed by atoms with van der Waals surface area (Å²) in [5.41, 5.74) is 0.0945. The van der Waals surface area contributed by atoms with Gasteiger partial charge in [0.25, 0.3) is 0 Å². The molecule has 0 bridgehead atoms. The molecule has 1 aromatic carbocycles. The second kappa shape index (κ2) is 12.7. The zero-order valence-corrected chi connectivity index (χ0v) is 22.2. The van der Waals surface area contributed by atoms with Crippen LogP contribution in [-0.2, 0) is 14.4 Å². The van der Waals surface area contributed by atoms with Crippen LogP contribution in [0, 0.1) is 12.8 Å². The number of aromatic nitrogens is 1. The topological polar surface area (TPSA) is 105 Å². The summed E-state index contributed by atoms with van der Waals surface area (Å²) in [6.07, 6.45) is 1.30. The third-order valence-corrected chi connectivity index (χ3v) is 6.18. The summed E-state index contributed by atoms with van der Waals surface area (Å²) in [6.45, 7) is 12.0. The van der Waals surface area contributed by atoms with E-state index in [1.54, 1.807) is 42.2 Å².